The molecule has 0 unspecified atom stereocenters. The number of hydrogen-bond donors (Lipinski definition) is 3. The summed E-state index contributed by atoms with van der Waals surface area (Å²) in [6.07, 6.45) is 0.0950. The van der Waals surface area contributed by atoms with Gasteiger partial charge in [-0.05, 0) is 26.0 Å². The zero-order valence-corrected chi connectivity index (χ0v) is 10.4. The van der Waals surface area contributed by atoms with Crippen molar-refractivity contribution in [3.05, 3.63) is 23.5 Å². The van der Waals surface area contributed by atoms with E-state index in [0.29, 0.717) is 13.2 Å². The Bertz CT molecular complexity index is 436. The largest absolute Gasteiger partial charge is 0.478 e. The third-order valence-electron chi connectivity index (χ3n) is 2.24. The quantitative estimate of drug-likeness (QED) is 0.535. The first-order valence-electron chi connectivity index (χ1n) is 5.59. The summed E-state index contributed by atoms with van der Waals surface area (Å²) >= 11 is 0. The van der Waals surface area contributed by atoms with Gasteiger partial charge in [0.15, 0.2) is 0 Å². The van der Waals surface area contributed by atoms with E-state index in [1.165, 1.54) is 6.07 Å². The van der Waals surface area contributed by atoms with Gasteiger partial charge in [-0.3, -0.25) is 0 Å². The second-order valence-corrected chi connectivity index (χ2v) is 4.07. The van der Waals surface area contributed by atoms with Crippen LogP contribution in [0.2, 0.25) is 0 Å². The van der Waals surface area contributed by atoms with Crippen LogP contribution >= 0.6 is 0 Å². The van der Waals surface area contributed by atoms with Crippen molar-refractivity contribution in [2.24, 2.45) is 0 Å². The van der Waals surface area contributed by atoms with E-state index in [-0.39, 0.29) is 23.0 Å². The molecule has 0 aromatic heterocycles. The minimum atomic E-state index is -1.19. The molecule has 0 atom stereocenters. The van der Waals surface area contributed by atoms with Crippen molar-refractivity contribution < 1.29 is 19.0 Å². The molecule has 0 saturated carbocycles. The van der Waals surface area contributed by atoms with E-state index >= 15 is 0 Å². The van der Waals surface area contributed by atoms with Crippen molar-refractivity contribution in [1.82, 2.24) is 0 Å². The summed E-state index contributed by atoms with van der Waals surface area (Å²) in [7, 11) is 0. The molecule has 0 aliphatic rings. The van der Waals surface area contributed by atoms with Gasteiger partial charge in [0.05, 0.1) is 24.0 Å². The van der Waals surface area contributed by atoms with Crippen LogP contribution in [-0.4, -0.2) is 30.3 Å². The molecule has 0 fully saturated rings. The summed E-state index contributed by atoms with van der Waals surface area (Å²) in [5, 5.41) is 11.6. The van der Waals surface area contributed by atoms with Gasteiger partial charge in [0.1, 0.15) is 5.82 Å². The topological polar surface area (TPSA) is 84.6 Å². The normalized spacial score (nSPS) is 10.7. The standard InChI is InChI=1S/C12H17FN2O3/c1-7(2)18-4-3-15-11-5-8(12(16)17)10(14)6-9(11)13/h5-7,15H,3-4,14H2,1-2H3,(H,16,17). The van der Waals surface area contributed by atoms with Crippen LogP contribution in [0.5, 0.6) is 0 Å². The molecule has 0 aliphatic heterocycles. The zero-order chi connectivity index (χ0) is 13.7. The fourth-order valence-electron chi connectivity index (χ4n) is 1.39. The maximum absolute atomic E-state index is 13.5. The van der Waals surface area contributed by atoms with Gasteiger partial charge in [0.25, 0.3) is 0 Å². The number of nitrogen functional groups attached to an aromatic ring is 1. The molecule has 1 rings (SSSR count). The third-order valence-corrected chi connectivity index (χ3v) is 2.24. The van der Waals surface area contributed by atoms with Crippen molar-refractivity contribution in [2.75, 3.05) is 24.2 Å². The van der Waals surface area contributed by atoms with E-state index in [9.17, 15) is 9.18 Å². The van der Waals surface area contributed by atoms with Crippen LogP contribution in [0.1, 0.15) is 24.2 Å². The number of halogens is 1. The lowest BCUT2D eigenvalue weighted by molar-refractivity contribution is 0.0698. The first-order chi connectivity index (χ1) is 8.41. The Morgan fingerprint density at radius 1 is 1.56 bits per heavy atom. The molecule has 0 amide bonds. The molecule has 0 radical (unpaired) electrons. The van der Waals surface area contributed by atoms with E-state index in [0.717, 1.165) is 6.07 Å². The maximum Gasteiger partial charge on any atom is 0.337 e. The van der Waals surface area contributed by atoms with Gasteiger partial charge in [-0.1, -0.05) is 0 Å². The zero-order valence-electron chi connectivity index (χ0n) is 10.4. The van der Waals surface area contributed by atoms with Crippen LogP contribution in [0.3, 0.4) is 0 Å². The molecular weight excluding hydrogens is 239 g/mol. The second-order valence-electron chi connectivity index (χ2n) is 4.07. The number of benzene rings is 1. The number of aromatic carboxylic acids is 1. The van der Waals surface area contributed by atoms with E-state index < -0.39 is 11.8 Å². The summed E-state index contributed by atoms with van der Waals surface area (Å²) in [6, 6.07) is 2.18. The van der Waals surface area contributed by atoms with Crippen molar-refractivity contribution in [2.45, 2.75) is 20.0 Å². The lowest BCUT2D eigenvalue weighted by Gasteiger charge is -2.11. The summed E-state index contributed by atoms with van der Waals surface area (Å²) in [5.41, 5.74) is 5.30. The highest BCUT2D eigenvalue weighted by Crippen LogP contribution is 2.22. The highest BCUT2D eigenvalue weighted by molar-refractivity contribution is 5.94. The molecule has 4 N–H and O–H groups in total. The number of carbonyl (C=O) groups is 1. The van der Waals surface area contributed by atoms with Crippen molar-refractivity contribution >= 4 is 17.3 Å². The van der Waals surface area contributed by atoms with Crippen LogP contribution in [0.25, 0.3) is 0 Å². The van der Waals surface area contributed by atoms with Gasteiger partial charge >= 0.3 is 5.97 Å². The molecule has 1 aromatic carbocycles. The minimum Gasteiger partial charge on any atom is -0.478 e. The van der Waals surface area contributed by atoms with Crippen LogP contribution in [0.15, 0.2) is 12.1 Å². The first kappa shape index (κ1) is 14.2. The number of ether oxygens (including phenoxy) is 1. The van der Waals surface area contributed by atoms with Crippen molar-refractivity contribution in [3.8, 4) is 0 Å². The molecule has 1 aromatic rings. The predicted molar refractivity (Wildman–Crippen MR) is 67.3 cm³/mol. The van der Waals surface area contributed by atoms with Gasteiger partial charge in [-0.15, -0.1) is 0 Å². The average Bonchev–Trinajstić information content (AvgIpc) is 2.25. The summed E-state index contributed by atoms with van der Waals surface area (Å²) in [4.78, 5) is 10.8. The number of rotatable bonds is 6. The fourth-order valence-corrected chi connectivity index (χ4v) is 1.39. The van der Waals surface area contributed by atoms with Gasteiger partial charge in [0, 0.05) is 12.2 Å². The smallest absolute Gasteiger partial charge is 0.337 e. The summed E-state index contributed by atoms with van der Waals surface area (Å²) < 4.78 is 18.8. The number of carboxylic acids is 1. The number of hydrogen-bond acceptors (Lipinski definition) is 4. The first-order valence-corrected chi connectivity index (χ1v) is 5.59. The summed E-state index contributed by atoms with van der Waals surface area (Å²) in [6.45, 7) is 4.58. The number of anilines is 2. The highest BCUT2D eigenvalue weighted by atomic mass is 19.1. The Balaban J connectivity index is 2.70. The van der Waals surface area contributed by atoms with Crippen LogP contribution in [0.4, 0.5) is 15.8 Å². The molecule has 5 nitrogen and oxygen atoms in total. The number of carboxylic acid groups (broad SMARTS) is 1. The van der Waals surface area contributed by atoms with E-state index in [4.69, 9.17) is 15.6 Å². The monoisotopic (exact) mass is 256 g/mol. The second kappa shape index (κ2) is 6.20. The molecule has 0 bridgehead atoms. The molecule has 0 heterocycles. The lowest BCUT2D eigenvalue weighted by atomic mass is 10.1. The molecule has 0 aliphatic carbocycles. The van der Waals surface area contributed by atoms with Gasteiger partial charge < -0.3 is 20.9 Å². The molecule has 0 spiro atoms. The highest BCUT2D eigenvalue weighted by Gasteiger charge is 2.12. The Morgan fingerprint density at radius 2 is 2.22 bits per heavy atom. The molecule has 100 valence electrons. The van der Waals surface area contributed by atoms with Gasteiger partial charge in [0.2, 0.25) is 0 Å². The fraction of sp³-hybridized carbons (Fsp3) is 0.417. The minimum absolute atomic E-state index is 0.0935. The van der Waals surface area contributed by atoms with E-state index in [1.807, 2.05) is 13.8 Å². The summed E-state index contributed by atoms with van der Waals surface area (Å²) in [5.74, 6) is -1.77. The lowest BCUT2D eigenvalue weighted by Crippen LogP contribution is -2.14. The van der Waals surface area contributed by atoms with Gasteiger partial charge in [-0.25, -0.2) is 9.18 Å². The number of nitrogens with one attached hydrogen (secondary N) is 1. The van der Waals surface area contributed by atoms with E-state index in [1.54, 1.807) is 0 Å². The Labute approximate surface area is 105 Å². The van der Waals surface area contributed by atoms with Gasteiger partial charge in [-0.2, -0.15) is 0 Å². The maximum atomic E-state index is 13.5. The van der Waals surface area contributed by atoms with Crippen LogP contribution in [0, 0.1) is 5.82 Å². The predicted octanol–water partition coefficient (Wildman–Crippen LogP) is 1.94. The molecule has 18 heavy (non-hydrogen) atoms. The Hall–Kier alpha value is -1.82. The SMILES string of the molecule is CC(C)OCCNc1cc(C(=O)O)c(N)cc1F. The Morgan fingerprint density at radius 3 is 2.78 bits per heavy atom. The van der Waals surface area contributed by atoms with Crippen LogP contribution < -0.4 is 11.1 Å². The molecule has 0 saturated heterocycles. The average molecular weight is 256 g/mol. The Kier molecular flexibility index (Phi) is 4.91. The van der Waals surface area contributed by atoms with Crippen LogP contribution in [-0.2, 0) is 4.74 Å². The molecule has 6 heteroatoms. The third kappa shape index (κ3) is 3.89. The van der Waals surface area contributed by atoms with Crippen molar-refractivity contribution in [1.29, 1.82) is 0 Å². The number of nitrogens with two attached hydrogens (primary N) is 1. The molecular formula is C12H17FN2O3. The van der Waals surface area contributed by atoms with Crippen molar-refractivity contribution in [3.63, 3.8) is 0 Å². The van der Waals surface area contributed by atoms with E-state index in [2.05, 4.69) is 5.32 Å².